The van der Waals surface area contributed by atoms with E-state index < -0.39 is 0 Å². The zero-order chi connectivity index (χ0) is 19.8. The molecule has 0 radical (unpaired) electrons. The number of benzene rings is 3. The standard InChI is InChI=1S/C23H16FN3O2/c1-28-22-12-16(24)6-8-20(22)26-17-7-9-18-14(11-17)10-15-13-25-19-4-2-3-5-21(19)29-23(15)27-18/h2-13,26H,1H3. The fourth-order valence-electron chi connectivity index (χ4n) is 3.24. The van der Waals surface area contributed by atoms with Gasteiger partial charge in [-0.15, -0.1) is 0 Å². The van der Waals surface area contributed by atoms with Crippen LogP contribution in [0.4, 0.5) is 21.5 Å². The summed E-state index contributed by atoms with van der Waals surface area (Å²) in [7, 11) is 1.51. The highest BCUT2D eigenvalue weighted by Gasteiger charge is 2.14. The van der Waals surface area contributed by atoms with Crippen LogP contribution in [0.25, 0.3) is 10.9 Å². The molecule has 0 fully saturated rings. The number of aliphatic imine (C=N–C) groups is 1. The number of nitrogens with one attached hydrogen (secondary N) is 1. The second-order valence-electron chi connectivity index (χ2n) is 6.59. The Hall–Kier alpha value is -3.93. The molecule has 0 spiro atoms. The molecule has 0 aliphatic carbocycles. The third-order valence-electron chi connectivity index (χ3n) is 4.66. The van der Waals surface area contributed by atoms with Crippen LogP contribution in [0.5, 0.6) is 17.4 Å². The first-order chi connectivity index (χ1) is 14.2. The molecule has 1 N–H and O–H groups in total. The molecule has 5 nitrogen and oxygen atoms in total. The number of methoxy groups -OCH3 is 1. The molecule has 0 bridgehead atoms. The molecule has 3 aromatic carbocycles. The minimum Gasteiger partial charge on any atom is -0.494 e. The van der Waals surface area contributed by atoms with Gasteiger partial charge in [0.15, 0.2) is 5.75 Å². The Morgan fingerprint density at radius 1 is 1.00 bits per heavy atom. The van der Waals surface area contributed by atoms with E-state index in [2.05, 4.69) is 15.3 Å². The summed E-state index contributed by atoms with van der Waals surface area (Å²) in [6, 6.07) is 19.7. The number of pyridine rings is 1. The molecule has 0 unspecified atom stereocenters. The summed E-state index contributed by atoms with van der Waals surface area (Å²) in [5, 5.41) is 4.19. The smallest absolute Gasteiger partial charge is 0.228 e. The second kappa shape index (κ2) is 6.91. The van der Waals surface area contributed by atoms with E-state index in [9.17, 15) is 4.39 Å². The minimum atomic E-state index is -0.349. The van der Waals surface area contributed by atoms with E-state index in [0.717, 1.165) is 27.8 Å². The quantitative estimate of drug-likeness (QED) is 0.415. The molecule has 0 saturated carbocycles. The zero-order valence-electron chi connectivity index (χ0n) is 15.5. The Morgan fingerprint density at radius 2 is 1.90 bits per heavy atom. The van der Waals surface area contributed by atoms with Crippen molar-refractivity contribution in [3.05, 3.63) is 78.1 Å². The largest absolute Gasteiger partial charge is 0.494 e. The highest BCUT2D eigenvalue weighted by molar-refractivity contribution is 5.94. The van der Waals surface area contributed by atoms with Gasteiger partial charge in [-0.1, -0.05) is 12.1 Å². The minimum absolute atomic E-state index is 0.349. The number of hydrogen-bond acceptors (Lipinski definition) is 5. The first-order valence-corrected chi connectivity index (χ1v) is 9.06. The lowest BCUT2D eigenvalue weighted by Crippen LogP contribution is -1.97. The van der Waals surface area contributed by atoms with Gasteiger partial charge in [-0.3, -0.25) is 4.99 Å². The van der Waals surface area contributed by atoms with E-state index in [1.54, 1.807) is 12.3 Å². The first kappa shape index (κ1) is 17.2. The molecule has 1 aliphatic rings. The lowest BCUT2D eigenvalue weighted by Gasteiger charge is -2.12. The fraction of sp³-hybridized carbons (Fsp3) is 0.0435. The normalized spacial score (nSPS) is 11.9. The van der Waals surface area contributed by atoms with Gasteiger partial charge in [-0.25, -0.2) is 9.37 Å². The lowest BCUT2D eigenvalue weighted by atomic mass is 10.1. The predicted molar refractivity (Wildman–Crippen MR) is 112 cm³/mol. The highest BCUT2D eigenvalue weighted by Crippen LogP contribution is 2.36. The maximum Gasteiger partial charge on any atom is 0.228 e. The van der Waals surface area contributed by atoms with E-state index >= 15 is 0 Å². The van der Waals surface area contributed by atoms with Crippen LogP contribution in [0.15, 0.2) is 71.7 Å². The van der Waals surface area contributed by atoms with Crippen LogP contribution in [0.2, 0.25) is 0 Å². The molecule has 4 aromatic rings. The number of ether oxygens (including phenoxy) is 2. The number of fused-ring (bicyclic) bond motifs is 3. The lowest BCUT2D eigenvalue weighted by molar-refractivity contribution is 0.413. The van der Waals surface area contributed by atoms with Crippen molar-refractivity contribution in [2.24, 2.45) is 4.99 Å². The van der Waals surface area contributed by atoms with Gasteiger partial charge in [0, 0.05) is 23.4 Å². The van der Waals surface area contributed by atoms with E-state index in [4.69, 9.17) is 9.47 Å². The topological polar surface area (TPSA) is 55.7 Å². The molecule has 1 aromatic heterocycles. The Kier molecular flexibility index (Phi) is 4.09. The van der Waals surface area contributed by atoms with Crippen molar-refractivity contribution >= 4 is 34.2 Å². The van der Waals surface area contributed by atoms with Crippen LogP contribution < -0.4 is 14.8 Å². The molecule has 0 saturated heterocycles. The summed E-state index contributed by atoms with van der Waals surface area (Å²) in [5.41, 5.74) is 3.87. The maximum atomic E-state index is 13.4. The number of nitrogens with zero attached hydrogens (tertiary/aromatic N) is 2. The summed E-state index contributed by atoms with van der Waals surface area (Å²) in [6.45, 7) is 0. The fourth-order valence-corrected chi connectivity index (χ4v) is 3.24. The SMILES string of the molecule is COc1cc(F)ccc1Nc1ccc2nc3c(cc2c1)C=Nc1ccccc1O3. The monoisotopic (exact) mass is 385 g/mol. The molecule has 0 amide bonds. The number of halogens is 1. The Labute approximate surface area is 166 Å². The molecule has 2 heterocycles. The summed E-state index contributed by atoms with van der Waals surface area (Å²) in [4.78, 5) is 9.15. The molecule has 6 heteroatoms. The molecule has 29 heavy (non-hydrogen) atoms. The molecule has 1 aliphatic heterocycles. The van der Waals surface area contributed by atoms with Gasteiger partial charge < -0.3 is 14.8 Å². The molecular formula is C23H16FN3O2. The van der Waals surface area contributed by atoms with Crippen LogP contribution in [-0.4, -0.2) is 18.3 Å². The van der Waals surface area contributed by atoms with Crippen molar-refractivity contribution in [3.8, 4) is 17.4 Å². The van der Waals surface area contributed by atoms with Gasteiger partial charge >= 0.3 is 0 Å². The van der Waals surface area contributed by atoms with E-state index in [1.165, 1.54) is 19.2 Å². The third kappa shape index (κ3) is 3.25. The number of para-hydroxylation sites is 2. The third-order valence-corrected chi connectivity index (χ3v) is 4.66. The van der Waals surface area contributed by atoms with Gasteiger partial charge in [-0.2, -0.15) is 0 Å². The van der Waals surface area contributed by atoms with E-state index in [0.29, 0.717) is 23.1 Å². The van der Waals surface area contributed by atoms with Crippen molar-refractivity contribution in [2.75, 3.05) is 12.4 Å². The van der Waals surface area contributed by atoms with Gasteiger partial charge in [0.05, 0.1) is 23.9 Å². The Bertz CT molecular complexity index is 1270. The molecular weight excluding hydrogens is 369 g/mol. The van der Waals surface area contributed by atoms with Crippen molar-refractivity contribution in [1.82, 2.24) is 4.98 Å². The maximum absolute atomic E-state index is 13.4. The van der Waals surface area contributed by atoms with E-state index in [1.807, 2.05) is 48.5 Å². The van der Waals surface area contributed by atoms with Crippen molar-refractivity contribution < 1.29 is 13.9 Å². The van der Waals surface area contributed by atoms with Crippen LogP contribution in [0, 0.1) is 5.82 Å². The predicted octanol–water partition coefficient (Wildman–Crippen LogP) is 5.98. The second-order valence-corrected chi connectivity index (χ2v) is 6.59. The average Bonchev–Trinajstić information content (AvgIpc) is 2.92. The number of rotatable bonds is 3. The Morgan fingerprint density at radius 3 is 2.79 bits per heavy atom. The number of hydrogen-bond donors (Lipinski definition) is 1. The summed E-state index contributed by atoms with van der Waals surface area (Å²) >= 11 is 0. The van der Waals surface area contributed by atoms with Gasteiger partial charge in [0.25, 0.3) is 0 Å². The van der Waals surface area contributed by atoms with Crippen molar-refractivity contribution in [2.45, 2.75) is 0 Å². The molecule has 0 atom stereocenters. The van der Waals surface area contributed by atoms with Crippen molar-refractivity contribution in [3.63, 3.8) is 0 Å². The van der Waals surface area contributed by atoms with Crippen LogP contribution >= 0.6 is 0 Å². The number of anilines is 2. The van der Waals surface area contributed by atoms with E-state index in [-0.39, 0.29) is 5.82 Å². The number of aromatic nitrogens is 1. The van der Waals surface area contributed by atoms with Gasteiger partial charge in [-0.05, 0) is 48.5 Å². The van der Waals surface area contributed by atoms with Crippen molar-refractivity contribution in [1.29, 1.82) is 0 Å². The Balaban J connectivity index is 1.53. The molecule has 142 valence electrons. The van der Waals surface area contributed by atoms with Gasteiger partial charge in [0.1, 0.15) is 17.3 Å². The summed E-state index contributed by atoms with van der Waals surface area (Å²) in [6.07, 6.45) is 1.76. The van der Waals surface area contributed by atoms with Crippen LogP contribution in [0.1, 0.15) is 5.56 Å². The first-order valence-electron chi connectivity index (χ1n) is 9.06. The van der Waals surface area contributed by atoms with Crippen LogP contribution in [0.3, 0.4) is 0 Å². The molecule has 5 rings (SSSR count). The summed E-state index contributed by atoms with van der Waals surface area (Å²) in [5.74, 6) is 1.28. The summed E-state index contributed by atoms with van der Waals surface area (Å²) < 4.78 is 24.7. The van der Waals surface area contributed by atoms with Gasteiger partial charge in [0.2, 0.25) is 5.88 Å². The zero-order valence-corrected chi connectivity index (χ0v) is 15.5. The van der Waals surface area contributed by atoms with Crippen LogP contribution in [-0.2, 0) is 0 Å². The average molecular weight is 385 g/mol. The highest BCUT2D eigenvalue weighted by atomic mass is 19.1.